The van der Waals surface area contributed by atoms with Crippen LogP contribution in [0.5, 0.6) is 0 Å². The molecule has 1 aliphatic rings. The monoisotopic (exact) mass is 411 g/mol. The quantitative estimate of drug-likeness (QED) is 0.542. The van der Waals surface area contributed by atoms with E-state index in [4.69, 9.17) is 0 Å². The first-order valence-electron chi connectivity index (χ1n) is 8.96. The molecular weight excluding hydrogens is 393 g/mol. The van der Waals surface area contributed by atoms with Crippen LogP contribution >= 0.6 is 11.3 Å². The van der Waals surface area contributed by atoms with Gasteiger partial charge in [-0.2, -0.15) is 0 Å². The lowest BCUT2D eigenvalue weighted by molar-refractivity contribution is -0.123. The van der Waals surface area contributed by atoms with Crippen LogP contribution in [-0.2, 0) is 23.3 Å². The van der Waals surface area contributed by atoms with Gasteiger partial charge in [0.1, 0.15) is 16.4 Å². The number of halogens is 1. The fourth-order valence-corrected chi connectivity index (χ4v) is 3.86. The molecule has 0 aliphatic carbocycles. The Balaban J connectivity index is 1.41. The van der Waals surface area contributed by atoms with Crippen LogP contribution in [0.3, 0.4) is 0 Å². The number of rotatable bonds is 6. The van der Waals surface area contributed by atoms with Crippen molar-refractivity contribution in [2.75, 3.05) is 5.32 Å². The maximum atomic E-state index is 13.0. The number of aromatic nitrogens is 2. The van der Waals surface area contributed by atoms with E-state index in [1.165, 1.54) is 23.5 Å². The minimum absolute atomic E-state index is 0.265. The van der Waals surface area contributed by atoms with Crippen molar-refractivity contribution in [2.45, 2.75) is 25.4 Å². The van der Waals surface area contributed by atoms with Gasteiger partial charge in [-0.3, -0.25) is 10.1 Å². The number of amides is 3. The lowest BCUT2D eigenvalue weighted by Crippen LogP contribution is -2.40. The molecule has 0 spiro atoms. The smallest absolute Gasteiger partial charge is 0.322 e. The van der Waals surface area contributed by atoms with Crippen molar-refractivity contribution in [3.63, 3.8) is 0 Å². The zero-order valence-corrected chi connectivity index (χ0v) is 16.3. The van der Waals surface area contributed by atoms with Crippen molar-refractivity contribution < 1.29 is 14.0 Å². The molecule has 2 aromatic carbocycles. The second kappa shape index (κ2) is 7.59. The molecule has 0 radical (unpaired) electrons. The molecule has 3 aromatic rings. The Bertz CT molecular complexity index is 1070. The van der Waals surface area contributed by atoms with Crippen LogP contribution in [0.1, 0.15) is 28.6 Å². The average molecular weight is 411 g/mol. The van der Waals surface area contributed by atoms with Crippen LogP contribution in [0.15, 0.2) is 48.5 Å². The van der Waals surface area contributed by atoms with Gasteiger partial charge in [-0.1, -0.05) is 47.7 Å². The predicted molar refractivity (Wildman–Crippen MR) is 107 cm³/mol. The number of urea groups is 1. The second-order valence-electron chi connectivity index (χ2n) is 6.89. The first-order valence-corrected chi connectivity index (χ1v) is 9.78. The van der Waals surface area contributed by atoms with E-state index in [1.807, 2.05) is 18.2 Å². The van der Waals surface area contributed by atoms with Crippen LogP contribution in [0.25, 0.3) is 0 Å². The van der Waals surface area contributed by atoms with Crippen LogP contribution in [-0.4, -0.2) is 22.1 Å². The first-order chi connectivity index (χ1) is 13.9. The highest BCUT2D eigenvalue weighted by atomic mass is 32.1. The zero-order chi connectivity index (χ0) is 20.4. The Kier molecular flexibility index (Phi) is 4.98. The van der Waals surface area contributed by atoms with Gasteiger partial charge in [0.25, 0.3) is 5.91 Å². The second-order valence-corrected chi connectivity index (χ2v) is 7.95. The SMILES string of the molecule is CC1(c2cccc(CNc3nnc(Cc4ccc(F)cc4)s3)c2)NC(=O)NC1=O. The van der Waals surface area contributed by atoms with Crippen LogP contribution < -0.4 is 16.0 Å². The van der Waals surface area contributed by atoms with Gasteiger partial charge < -0.3 is 10.6 Å². The Labute approximate surface area is 170 Å². The lowest BCUT2D eigenvalue weighted by atomic mass is 9.91. The maximum absolute atomic E-state index is 13.0. The van der Waals surface area contributed by atoms with Crippen LogP contribution in [0, 0.1) is 5.82 Å². The molecule has 1 fully saturated rings. The number of benzene rings is 2. The zero-order valence-electron chi connectivity index (χ0n) is 15.5. The van der Waals surface area contributed by atoms with Gasteiger partial charge in [0.15, 0.2) is 0 Å². The molecule has 9 heteroatoms. The normalized spacial score (nSPS) is 18.4. The fraction of sp³-hybridized carbons (Fsp3) is 0.200. The summed E-state index contributed by atoms with van der Waals surface area (Å²) in [7, 11) is 0. The third kappa shape index (κ3) is 4.09. The van der Waals surface area contributed by atoms with Gasteiger partial charge in [0.2, 0.25) is 5.13 Å². The highest BCUT2D eigenvalue weighted by Gasteiger charge is 2.43. The fourth-order valence-electron chi connectivity index (χ4n) is 3.09. The van der Waals surface area contributed by atoms with E-state index in [0.29, 0.717) is 23.7 Å². The van der Waals surface area contributed by atoms with E-state index >= 15 is 0 Å². The van der Waals surface area contributed by atoms with Gasteiger partial charge in [-0.05, 0) is 35.7 Å². The van der Waals surface area contributed by atoms with Gasteiger partial charge >= 0.3 is 6.03 Å². The molecule has 2 heterocycles. The maximum Gasteiger partial charge on any atom is 0.322 e. The molecule has 0 saturated carbocycles. The number of hydrogen-bond acceptors (Lipinski definition) is 6. The van der Waals surface area contributed by atoms with Gasteiger partial charge in [-0.25, -0.2) is 9.18 Å². The number of nitrogens with zero attached hydrogens (tertiary/aromatic N) is 2. The summed E-state index contributed by atoms with van der Waals surface area (Å²) in [6.45, 7) is 2.16. The molecular formula is C20H18FN5O2S. The molecule has 148 valence electrons. The first kappa shape index (κ1) is 19.0. The molecule has 1 aliphatic heterocycles. The molecule has 1 atom stereocenters. The largest absolute Gasteiger partial charge is 0.356 e. The molecule has 0 bridgehead atoms. The summed E-state index contributed by atoms with van der Waals surface area (Å²) in [6.07, 6.45) is 0.586. The molecule has 3 N–H and O–H groups in total. The van der Waals surface area contributed by atoms with E-state index in [0.717, 1.165) is 16.1 Å². The third-order valence-corrected chi connectivity index (χ3v) is 5.61. The number of anilines is 1. The molecule has 1 unspecified atom stereocenters. The molecule has 1 aromatic heterocycles. The minimum atomic E-state index is -1.09. The minimum Gasteiger partial charge on any atom is -0.356 e. The Morgan fingerprint density at radius 3 is 2.62 bits per heavy atom. The summed E-state index contributed by atoms with van der Waals surface area (Å²) in [4.78, 5) is 23.6. The molecule has 1 saturated heterocycles. The molecule has 7 nitrogen and oxygen atoms in total. The van der Waals surface area contributed by atoms with Gasteiger partial charge in [0.05, 0.1) is 0 Å². The highest BCUT2D eigenvalue weighted by molar-refractivity contribution is 7.15. The van der Waals surface area contributed by atoms with Crippen molar-refractivity contribution >= 4 is 28.4 Å². The topological polar surface area (TPSA) is 96.0 Å². The lowest BCUT2D eigenvalue weighted by Gasteiger charge is -2.21. The predicted octanol–water partition coefficient (Wildman–Crippen LogP) is 2.93. The van der Waals surface area contributed by atoms with Crippen LogP contribution in [0.4, 0.5) is 14.3 Å². The summed E-state index contributed by atoms with van der Waals surface area (Å²) in [5.74, 6) is -0.638. The van der Waals surface area contributed by atoms with E-state index in [1.54, 1.807) is 25.1 Å². The van der Waals surface area contributed by atoms with Crippen molar-refractivity contribution in [1.29, 1.82) is 0 Å². The van der Waals surface area contributed by atoms with Crippen molar-refractivity contribution in [2.24, 2.45) is 0 Å². The summed E-state index contributed by atoms with van der Waals surface area (Å²) in [5.41, 5.74) is 1.52. The standard InChI is InChI=1S/C20H18FN5O2S/c1-20(17(27)23-18(28)24-20)14-4-2-3-13(9-14)11-22-19-26-25-16(29-19)10-12-5-7-15(21)8-6-12/h2-9H,10-11H2,1H3,(H,22,26)(H2,23,24,27,28). The number of hydrogen-bond donors (Lipinski definition) is 3. The Morgan fingerprint density at radius 2 is 1.90 bits per heavy atom. The molecule has 3 amide bonds. The van der Waals surface area contributed by atoms with E-state index in [2.05, 4.69) is 26.1 Å². The summed E-state index contributed by atoms with van der Waals surface area (Å²) < 4.78 is 13.0. The Hall–Kier alpha value is -3.33. The van der Waals surface area contributed by atoms with Gasteiger partial charge in [-0.15, -0.1) is 10.2 Å². The summed E-state index contributed by atoms with van der Waals surface area (Å²) in [5, 5.41) is 18.0. The number of imide groups is 1. The van der Waals surface area contributed by atoms with E-state index < -0.39 is 11.6 Å². The van der Waals surface area contributed by atoms with E-state index in [9.17, 15) is 14.0 Å². The number of nitrogens with one attached hydrogen (secondary N) is 3. The molecule has 29 heavy (non-hydrogen) atoms. The number of carbonyl (C=O) groups is 2. The summed E-state index contributed by atoms with van der Waals surface area (Å²) >= 11 is 1.43. The van der Waals surface area contributed by atoms with Crippen molar-refractivity contribution in [3.05, 3.63) is 76.0 Å². The summed E-state index contributed by atoms with van der Waals surface area (Å²) in [6, 6.07) is 13.3. The Morgan fingerprint density at radius 1 is 1.10 bits per heavy atom. The average Bonchev–Trinajstić information content (AvgIpc) is 3.26. The van der Waals surface area contributed by atoms with Crippen molar-refractivity contribution in [3.8, 4) is 0 Å². The van der Waals surface area contributed by atoms with E-state index in [-0.39, 0.29) is 11.7 Å². The number of carbonyl (C=O) groups excluding carboxylic acids is 2. The third-order valence-electron chi connectivity index (χ3n) is 4.73. The van der Waals surface area contributed by atoms with Crippen molar-refractivity contribution in [1.82, 2.24) is 20.8 Å². The molecule has 4 rings (SSSR count). The highest BCUT2D eigenvalue weighted by Crippen LogP contribution is 2.26. The van der Waals surface area contributed by atoms with Gasteiger partial charge in [0, 0.05) is 13.0 Å². The van der Waals surface area contributed by atoms with Crippen LogP contribution in [0.2, 0.25) is 0 Å².